The largest absolute Gasteiger partial charge is 0.452 e. The maximum absolute atomic E-state index is 12.3. The highest BCUT2D eigenvalue weighted by Gasteiger charge is 2.17. The number of aryl methyl sites for hydroxylation is 1. The molecule has 8 heteroatoms. The lowest BCUT2D eigenvalue weighted by Gasteiger charge is -2.19. The number of esters is 1. The Morgan fingerprint density at radius 1 is 0.970 bits per heavy atom. The van der Waals surface area contributed by atoms with Gasteiger partial charge < -0.3 is 19.7 Å². The maximum Gasteiger partial charge on any atom is 0.412 e. The molecule has 1 fully saturated rings. The van der Waals surface area contributed by atoms with Crippen molar-refractivity contribution < 1.29 is 23.9 Å². The maximum atomic E-state index is 12.3. The average Bonchev–Trinajstić information content (AvgIpc) is 3.27. The lowest BCUT2D eigenvalue weighted by atomic mass is 10.1. The first-order valence-corrected chi connectivity index (χ1v) is 11.0. The van der Waals surface area contributed by atoms with E-state index >= 15 is 0 Å². The molecule has 8 nitrogen and oxygen atoms in total. The second-order valence-corrected chi connectivity index (χ2v) is 9.02. The zero-order chi connectivity index (χ0) is 24.0. The molecule has 0 spiro atoms. The summed E-state index contributed by atoms with van der Waals surface area (Å²) < 4.78 is 10.3. The number of carbonyl (C=O) groups is 3. The lowest BCUT2D eigenvalue weighted by molar-refractivity contribution is -0.119. The predicted octanol–water partition coefficient (Wildman–Crippen LogP) is 4.74. The molecule has 0 aromatic heterocycles. The van der Waals surface area contributed by atoms with Gasteiger partial charge in [0.1, 0.15) is 5.60 Å². The third-order valence-electron chi connectivity index (χ3n) is 5.06. The van der Waals surface area contributed by atoms with Crippen LogP contribution in [0.4, 0.5) is 21.9 Å². The van der Waals surface area contributed by atoms with Gasteiger partial charge in [0.05, 0.1) is 5.56 Å². The van der Waals surface area contributed by atoms with Gasteiger partial charge in [0.15, 0.2) is 6.61 Å². The summed E-state index contributed by atoms with van der Waals surface area (Å²) in [4.78, 5) is 38.7. The minimum absolute atomic E-state index is 0.267. The Hall–Kier alpha value is -3.55. The second-order valence-electron chi connectivity index (χ2n) is 9.02. The van der Waals surface area contributed by atoms with Crippen LogP contribution in [0.15, 0.2) is 42.5 Å². The summed E-state index contributed by atoms with van der Waals surface area (Å²) in [6, 6.07) is 12.1. The van der Waals surface area contributed by atoms with Gasteiger partial charge in [-0.15, -0.1) is 0 Å². The predicted molar refractivity (Wildman–Crippen MR) is 128 cm³/mol. The summed E-state index contributed by atoms with van der Waals surface area (Å²) in [6.45, 7) is 8.96. The first-order valence-electron chi connectivity index (χ1n) is 11.0. The zero-order valence-electron chi connectivity index (χ0n) is 19.6. The van der Waals surface area contributed by atoms with E-state index in [9.17, 15) is 14.4 Å². The zero-order valence-corrected chi connectivity index (χ0v) is 19.6. The third kappa shape index (κ3) is 7.24. The highest BCUT2D eigenvalue weighted by molar-refractivity contribution is 5.96. The monoisotopic (exact) mass is 453 g/mol. The number of hydrogen-bond donors (Lipinski definition) is 2. The molecule has 2 aromatic carbocycles. The van der Waals surface area contributed by atoms with Crippen molar-refractivity contribution in [3.05, 3.63) is 53.6 Å². The average molecular weight is 454 g/mol. The molecule has 0 unspecified atom stereocenters. The number of amides is 2. The molecule has 2 aromatic rings. The summed E-state index contributed by atoms with van der Waals surface area (Å²) in [7, 11) is 0. The number of nitrogens with one attached hydrogen (secondary N) is 2. The number of rotatable bonds is 6. The normalized spacial score (nSPS) is 13.4. The van der Waals surface area contributed by atoms with Crippen molar-refractivity contribution in [2.75, 3.05) is 35.2 Å². The smallest absolute Gasteiger partial charge is 0.412 e. The molecular formula is C25H31N3O5. The van der Waals surface area contributed by atoms with Crippen molar-refractivity contribution in [2.24, 2.45) is 0 Å². The lowest BCUT2D eigenvalue weighted by Crippen LogP contribution is -2.27. The van der Waals surface area contributed by atoms with Crippen molar-refractivity contribution in [3.8, 4) is 0 Å². The Morgan fingerprint density at radius 2 is 1.64 bits per heavy atom. The van der Waals surface area contributed by atoms with E-state index in [0.717, 1.165) is 24.3 Å². The van der Waals surface area contributed by atoms with Gasteiger partial charge in [0.25, 0.3) is 5.91 Å². The van der Waals surface area contributed by atoms with Gasteiger partial charge in [-0.05, 0) is 88.6 Å². The molecule has 1 heterocycles. The van der Waals surface area contributed by atoms with Gasteiger partial charge in [-0.1, -0.05) is 0 Å². The van der Waals surface area contributed by atoms with Gasteiger partial charge in [-0.3, -0.25) is 10.1 Å². The fourth-order valence-corrected chi connectivity index (χ4v) is 3.47. The summed E-state index contributed by atoms with van der Waals surface area (Å²) >= 11 is 0. The molecule has 2 N–H and O–H groups in total. The van der Waals surface area contributed by atoms with Gasteiger partial charge in [0, 0.05) is 30.2 Å². The van der Waals surface area contributed by atoms with Crippen LogP contribution < -0.4 is 15.5 Å². The molecule has 0 saturated carbocycles. The number of benzene rings is 2. The molecule has 0 atom stereocenters. The SMILES string of the molecule is Cc1cc(N2CCCC2)ccc1NC(=O)COC(=O)c1ccc(NC(=O)OC(C)(C)C)cc1. The van der Waals surface area contributed by atoms with Gasteiger partial charge >= 0.3 is 12.1 Å². The van der Waals surface area contributed by atoms with Gasteiger partial charge in [-0.2, -0.15) is 0 Å². The number of hydrogen-bond acceptors (Lipinski definition) is 6. The van der Waals surface area contributed by atoms with Crippen LogP contribution in [-0.2, 0) is 14.3 Å². The highest BCUT2D eigenvalue weighted by Crippen LogP contribution is 2.25. The molecule has 0 radical (unpaired) electrons. The van der Waals surface area contributed by atoms with Crippen molar-refractivity contribution in [1.82, 2.24) is 0 Å². The van der Waals surface area contributed by atoms with Crippen LogP contribution in [0.1, 0.15) is 49.5 Å². The summed E-state index contributed by atoms with van der Waals surface area (Å²) in [5.74, 6) is -1.04. The molecule has 1 aliphatic heterocycles. The minimum Gasteiger partial charge on any atom is -0.452 e. The topological polar surface area (TPSA) is 97.0 Å². The van der Waals surface area contributed by atoms with Crippen molar-refractivity contribution in [2.45, 2.75) is 46.1 Å². The number of carbonyl (C=O) groups excluding carboxylic acids is 3. The highest BCUT2D eigenvalue weighted by atomic mass is 16.6. The van der Waals surface area contributed by atoms with E-state index in [1.165, 1.54) is 25.0 Å². The first kappa shape index (κ1) is 24.1. The van der Waals surface area contributed by atoms with Crippen molar-refractivity contribution >= 4 is 35.0 Å². The van der Waals surface area contributed by atoms with Crippen molar-refractivity contribution in [1.29, 1.82) is 0 Å². The fraction of sp³-hybridized carbons (Fsp3) is 0.400. The molecule has 176 valence electrons. The van der Waals surface area contributed by atoms with Gasteiger partial charge in [-0.25, -0.2) is 9.59 Å². The Bertz CT molecular complexity index is 1010. The molecule has 0 bridgehead atoms. The summed E-state index contributed by atoms with van der Waals surface area (Å²) in [5, 5.41) is 5.38. The van der Waals surface area contributed by atoms with Crippen LogP contribution in [0.25, 0.3) is 0 Å². The summed E-state index contributed by atoms with van der Waals surface area (Å²) in [5.41, 5.74) is 2.93. The molecular weight excluding hydrogens is 422 g/mol. The van der Waals surface area contributed by atoms with E-state index in [2.05, 4.69) is 21.6 Å². The molecule has 0 aliphatic carbocycles. The summed E-state index contributed by atoms with van der Waals surface area (Å²) in [6.07, 6.45) is 1.82. The number of nitrogens with zero attached hydrogens (tertiary/aromatic N) is 1. The second kappa shape index (κ2) is 10.4. The Balaban J connectivity index is 1.48. The fourth-order valence-electron chi connectivity index (χ4n) is 3.47. The van der Waals surface area contributed by atoms with E-state index in [1.54, 1.807) is 32.9 Å². The molecule has 1 saturated heterocycles. The van der Waals surface area contributed by atoms with E-state index in [4.69, 9.17) is 9.47 Å². The first-order chi connectivity index (χ1) is 15.6. The number of ether oxygens (including phenoxy) is 2. The Kier molecular flexibility index (Phi) is 7.58. The quantitative estimate of drug-likeness (QED) is 0.614. The number of anilines is 3. The van der Waals surface area contributed by atoms with Crippen LogP contribution in [0.2, 0.25) is 0 Å². The van der Waals surface area contributed by atoms with Crippen LogP contribution in [0.3, 0.4) is 0 Å². The van der Waals surface area contributed by atoms with Gasteiger partial charge in [0.2, 0.25) is 0 Å². The standard InChI is InChI=1S/C25H31N3O5/c1-17-15-20(28-13-5-6-14-28)11-12-21(17)27-22(29)16-32-23(30)18-7-9-19(10-8-18)26-24(31)33-25(2,3)4/h7-12,15H,5-6,13-14,16H2,1-4H3,(H,26,31)(H,27,29). The van der Waals surface area contributed by atoms with E-state index in [0.29, 0.717) is 11.4 Å². The Labute approximate surface area is 194 Å². The van der Waals surface area contributed by atoms with E-state index < -0.39 is 30.2 Å². The molecule has 1 aliphatic rings. The van der Waals surface area contributed by atoms with Crippen LogP contribution >= 0.6 is 0 Å². The molecule has 3 rings (SSSR count). The van der Waals surface area contributed by atoms with Crippen LogP contribution in [-0.4, -0.2) is 43.3 Å². The van der Waals surface area contributed by atoms with Crippen LogP contribution in [0.5, 0.6) is 0 Å². The third-order valence-corrected chi connectivity index (χ3v) is 5.06. The minimum atomic E-state index is -0.630. The Morgan fingerprint density at radius 3 is 2.24 bits per heavy atom. The van der Waals surface area contributed by atoms with Crippen molar-refractivity contribution in [3.63, 3.8) is 0 Å². The van der Waals surface area contributed by atoms with E-state index in [1.807, 2.05) is 19.1 Å². The van der Waals surface area contributed by atoms with Crippen LogP contribution in [0, 0.1) is 6.92 Å². The van der Waals surface area contributed by atoms with E-state index in [-0.39, 0.29) is 5.56 Å². The molecule has 2 amide bonds. The molecule has 33 heavy (non-hydrogen) atoms.